The van der Waals surface area contributed by atoms with Crippen LogP contribution in [-0.2, 0) is 5.41 Å². The first-order chi connectivity index (χ1) is 7.30. The summed E-state index contributed by atoms with van der Waals surface area (Å²) in [4.78, 5) is 0. The van der Waals surface area contributed by atoms with Gasteiger partial charge >= 0.3 is 0 Å². The number of hydrogen-bond donors (Lipinski definition) is 1. The summed E-state index contributed by atoms with van der Waals surface area (Å²) in [5.41, 5.74) is 1.35. The highest BCUT2D eigenvalue weighted by molar-refractivity contribution is 5.85. The summed E-state index contributed by atoms with van der Waals surface area (Å²) in [6, 6.07) is 4.94. The third-order valence-corrected chi connectivity index (χ3v) is 3.58. The Morgan fingerprint density at radius 1 is 1.25 bits per heavy atom. The Morgan fingerprint density at radius 3 is 2.75 bits per heavy atom. The van der Waals surface area contributed by atoms with Crippen LogP contribution in [0.4, 0.5) is 4.39 Å². The van der Waals surface area contributed by atoms with E-state index in [1.807, 2.05) is 6.07 Å². The number of ether oxygens (including phenoxy) is 1. The third kappa shape index (κ3) is 1.68. The summed E-state index contributed by atoms with van der Waals surface area (Å²) < 4.78 is 18.6. The van der Waals surface area contributed by atoms with Gasteiger partial charge in [0.2, 0.25) is 0 Å². The minimum atomic E-state index is -0.209. The lowest BCUT2D eigenvalue weighted by atomic mass is 9.75. The van der Waals surface area contributed by atoms with Crippen LogP contribution in [0.2, 0.25) is 0 Å². The van der Waals surface area contributed by atoms with Gasteiger partial charge in [-0.2, -0.15) is 0 Å². The zero-order chi connectivity index (χ0) is 10.3. The molecule has 0 bridgehead atoms. The normalized spacial score (nSPS) is 21.1. The molecule has 16 heavy (non-hydrogen) atoms. The van der Waals surface area contributed by atoms with E-state index in [0.29, 0.717) is 6.61 Å². The van der Waals surface area contributed by atoms with Gasteiger partial charge in [0, 0.05) is 17.0 Å². The highest BCUT2D eigenvalue weighted by atomic mass is 35.5. The fourth-order valence-electron chi connectivity index (χ4n) is 2.67. The molecule has 3 rings (SSSR count). The molecule has 0 aromatic heterocycles. The van der Waals surface area contributed by atoms with E-state index in [9.17, 15) is 4.39 Å². The number of piperidine rings is 1. The van der Waals surface area contributed by atoms with E-state index < -0.39 is 0 Å². The third-order valence-electron chi connectivity index (χ3n) is 3.58. The predicted octanol–water partition coefficient (Wildman–Crippen LogP) is 2.26. The van der Waals surface area contributed by atoms with Crippen molar-refractivity contribution in [3.05, 3.63) is 29.6 Å². The lowest BCUT2D eigenvalue weighted by Crippen LogP contribution is -2.40. The maximum absolute atomic E-state index is 13.0. The summed E-state index contributed by atoms with van der Waals surface area (Å²) in [5.74, 6) is 0.539. The average Bonchev–Trinajstić information content (AvgIpc) is 2.58. The Balaban J connectivity index is 0.000000963. The van der Waals surface area contributed by atoms with E-state index in [1.165, 1.54) is 17.7 Å². The van der Waals surface area contributed by atoms with Gasteiger partial charge in [0.05, 0.1) is 6.61 Å². The maximum atomic E-state index is 13.0. The summed E-state index contributed by atoms with van der Waals surface area (Å²) in [6.07, 6.45) is 2.18. The van der Waals surface area contributed by atoms with Crippen molar-refractivity contribution in [1.82, 2.24) is 5.32 Å². The SMILES string of the molecule is Cl.Fc1ccc2c(c1)OCC21CCNCC1. The van der Waals surface area contributed by atoms with Crippen LogP contribution in [0.3, 0.4) is 0 Å². The molecule has 2 nitrogen and oxygen atoms in total. The number of halogens is 2. The van der Waals surface area contributed by atoms with Crippen LogP contribution >= 0.6 is 12.4 Å². The first-order valence-electron chi connectivity index (χ1n) is 5.44. The molecule has 2 aliphatic heterocycles. The summed E-state index contributed by atoms with van der Waals surface area (Å²) in [6.45, 7) is 2.77. The van der Waals surface area contributed by atoms with Crippen LogP contribution in [-0.4, -0.2) is 19.7 Å². The lowest BCUT2D eigenvalue weighted by Gasteiger charge is -2.32. The summed E-state index contributed by atoms with van der Waals surface area (Å²) in [7, 11) is 0. The van der Waals surface area contributed by atoms with Crippen molar-refractivity contribution in [3.63, 3.8) is 0 Å². The maximum Gasteiger partial charge on any atom is 0.126 e. The van der Waals surface area contributed by atoms with Gasteiger partial charge in [-0.15, -0.1) is 12.4 Å². The van der Waals surface area contributed by atoms with E-state index in [2.05, 4.69) is 5.32 Å². The quantitative estimate of drug-likeness (QED) is 0.755. The number of hydrogen-bond acceptors (Lipinski definition) is 2. The molecule has 4 heteroatoms. The van der Waals surface area contributed by atoms with Gasteiger partial charge in [0.15, 0.2) is 0 Å². The highest BCUT2D eigenvalue weighted by Gasteiger charge is 2.41. The minimum absolute atomic E-state index is 0. The monoisotopic (exact) mass is 243 g/mol. The van der Waals surface area contributed by atoms with Crippen molar-refractivity contribution in [2.24, 2.45) is 0 Å². The van der Waals surface area contributed by atoms with E-state index in [-0.39, 0.29) is 23.6 Å². The number of nitrogens with one attached hydrogen (secondary N) is 1. The number of fused-ring (bicyclic) bond motifs is 2. The van der Waals surface area contributed by atoms with E-state index in [0.717, 1.165) is 31.7 Å². The largest absolute Gasteiger partial charge is 0.492 e. The van der Waals surface area contributed by atoms with Crippen molar-refractivity contribution in [2.45, 2.75) is 18.3 Å². The average molecular weight is 244 g/mol. The standard InChI is InChI=1S/C12H14FNO.ClH/c13-9-1-2-10-11(7-9)15-8-12(10)3-5-14-6-4-12;/h1-2,7,14H,3-6,8H2;1H. The molecule has 88 valence electrons. The highest BCUT2D eigenvalue weighted by Crippen LogP contribution is 2.44. The van der Waals surface area contributed by atoms with Crippen LogP contribution in [0, 0.1) is 5.82 Å². The number of benzene rings is 1. The van der Waals surface area contributed by atoms with Gasteiger partial charge in [0.25, 0.3) is 0 Å². The van der Waals surface area contributed by atoms with Crippen LogP contribution < -0.4 is 10.1 Å². The predicted molar refractivity (Wildman–Crippen MR) is 62.9 cm³/mol. The molecule has 2 aliphatic rings. The molecule has 1 aromatic carbocycles. The van der Waals surface area contributed by atoms with Gasteiger partial charge < -0.3 is 10.1 Å². The Hall–Kier alpha value is -0.800. The summed E-state index contributed by atoms with van der Waals surface area (Å²) >= 11 is 0. The van der Waals surface area contributed by atoms with E-state index in [1.54, 1.807) is 0 Å². The molecule has 0 radical (unpaired) electrons. The second-order valence-corrected chi connectivity index (χ2v) is 4.46. The molecule has 0 aliphatic carbocycles. The molecular formula is C12H15ClFNO. The second-order valence-electron chi connectivity index (χ2n) is 4.46. The fraction of sp³-hybridized carbons (Fsp3) is 0.500. The van der Waals surface area contributed by atoms with Gasteiger partial charge in [-0.05, 0) is 32.0 Å². The van der Waals surface area contributed by atoms with Gasteiger partial charge in [-0.25, -0.2) is 4.39 Å². The van der Waals surface area contributed by atoms with Crippen molar-refractivity contribution in [1.29, 1.82) is 0 Å². The van der Waals surface area contributed by atoms with E-state index >= 15 is 0 Å². The Kier molecular flexibility index (Phi) is 3.08. The molecule has 1 saturated heterocycles. The van der Waals surface area contributed by atoms with Crippen LogP contribution in [0.15, 0.2) is 18.2 Å². The van der Waals surface area contributed by atoms with Crippen LogP contribution in [0.1, 0.15) is 18.4 Å². The molecule has 1 aromatic rings. The zero-order valence-electron chi connectivity index (χ0n) is 8.96. The molecule has 1 spiro atoms. The van der Waals surface area contributed by atoms with Gasteiger partial charge in [-0.3, -0.25) is 0 Å². The number of rotatable bonds is 0. The molecule has 0 saturated carbocycles. The molecule has 2 heterocycles. The van der Waals surface area contributed by atoms with Crippen molar-refractivity contribution >= 4 is 12.4 Å². The molecule has 0 atom stereocenters. The molecule has 1 N–H and O–H groups in total. The first-order valence-corrected chi connectivity index (χ1v) is 5.44. The lowest BCUT2D eigenvalue weighted by molar-refractivity contribution is 0.220. The first kappa shape index (κ1) is 11.7. The van der Waals surface area contributed by atoms with Crippen molar-refractivity contribution in [2.75, 3.05) is 19.7 Å². The van der Waals surface area contributed by atoms with Gasteiger partial charge in [-0.1, -0.05) is 6.07 Å². The fourth-order valence-corrected chi connectivity index (χ4v) is 2.67. The summed E-state index contributed by atoms with van der Waals surface area (Å²) in [5, 5.41) is 3.35. The van der Waals surface area contributed by atoms with Crippen molar-refractivity contribution < 1.29 is 9.13 Å². The molecule has 0 amide bonds. The van der Waals surface area contributed by atoms with E-state index in [4.69, 9.17) is 4.74 Å². The molecule has 0 unspecified atom stereocenters. The zero-order valence-corrected chi connectivity index (χ0v) is 9.78. The topological polar surface area (TPSA) is 21.3 Å². The Morgan fingerprint density at radius 2 is 2.00 bits per heavy atom. The Labute approximate surface area is 101 Å². The van der Waals surface area contributed by atoms with Gasteiger partial charge in [0.1, 0.15) is 11.6 Å². The smallest absolute Gasteiger partial charge is 0.126 e. The van der Waals surface area contributed by atoms with Crippen molar-refractivity contribution in [3.8, 4) is 5.75 Å². The van der Waals surface area contributed by atoms with Crippen LogP contribution in [0.5, 0.6) is 5.75 Å². The van der Waals surface area contributed by atoms with Crippen LogP contribution in [0.25, 0.3) is 0 Å². The minimum Gasteiger partial charge on any atom is -0.492 e. The Bertz CT molecular complexity index is 391. The molecule has 1 fully saturated rings. The molecular weight excluding hydrogens is 229 g/mol. The second kappa shape index (κ2) is 4.22.